The summed E-state index contributed by atoms with van der Waals surface area (Å²) in [6, 6.07) is 24.0. The van der Waals surface area contributed by atoms with E-state index in [4.69, 9.17) is 26.2 Å². The predicted molar refractivity (Wildman–Crippen MR) is 124 cm³/mol. The summed E-state index contributed by atoms with van der Waals surface area (Å²) in [5.74, 6) is 1.68. The van der Waals surface area contributed by atoms with Crippen molar-refractivity contribution in [2.75, 3.05) is 19.2 Å². The number of hydrogen-bond donors (Lipinski definition) is 0. The van der Waals surface area contributed by atoms with Crippen LogP contribution in [0.25, 0.3) is 6.08 Å². The van der Waals surface area contributed by atoms with Crippen molar-refractivity contribution in [1.82, 2.24) is 0 Å². The molecule has 1 heterocycles. The topological polar surface area (TPSA) is 34.1 Å². The largest absolute Gasteiger partial charge is 0.497 e. The molecule has 1 aliphatic rings. The van der Waals surface area contributed by atoms with Gasteiger partial charge in [0.1, 0.15) is 11.5 Å². The standard InChI is InChI=1S/C25H23ClN2O2/c1-29-23-12-7-18(8-13-23)6-11-21-17-25(19-9-14-24(30-2)15-10-19)28(27-21)22-5-3-4-20(26)16-22/h3-16,25H,17H2,1-2H3/b11-6+/t25-/m0/s1. The highest BCUT2D eigenvalue weighted by Crippen LogP contribution is 2.37. The molecule has 0 fully saturated rings. The van der Waals surface area contributed by atoms with E-state index in [2.05, 4.69) is 24.3 Å². The molecule has 3 aromatic carbocycles. The fraction of sp³-hybridized carbons (Fsp3) is 0.160. The molecule has 4 rings (SSSR count). The van der Waals surface area contributed by atoms with Crippen molar-refractivity contribution in [1.29, 1.82) is 0 Å². The molecule has 4 nitrogen and oxygen atoms in total. The van der Waals surface area contributed by atoms with Gasteiger partial charge >= 0.3 is 0 Å². The second-order valence-electron chi connectivity index (χ2n) is 7.02. The predicted octanol–water partition coefficient (Wildman–Crippen LogP) is 6.38. The van der Waals surface area contributed by atoms with Crippen LogP contribution in [0.4, 0.5) is 5.69 Å². The zero-order chi connectivity index (χ0) is 20.9. The first-order valence-electron chi connectivity index (χ1n) is 9.74. The first-order chi connectivity index (χ1) is 14.7. The number of allylic oxidation sites excluding steroid dienone is 1. The maximum Gasteiger partial charge on any atom is 0.118 e. The van der Waals surface area contributed by atoms with Crippen molar-refractivity contribution in [3.8, 4) is 11.5 Å². The molecule has 0 saturated heterocycles. The van der Waals surface area contributed by atoms with Gasteiger partial charge in [-0.25, -0.2) is 0 Å². The highest BCUT2D eigenvalue weighted by Gasteiger charge is 2.28. The van der Waals surface area contributed by atoms with Gasteiger partial charge in [-0.05, 0) is 59.7 Å². The normalized spacial score (nSPS) is 16.0. The quantitative estimate of drug-likeness (QED) is 0.466. The van der Waals surface area contributed by atoms with Gasteiger partial charge in [0.25, 0.3) is 0 Å². The number of rotatable bonds is 6. The van der Waals surface area contributed by atoms with E-state index in [1.807, 2.05) is 65.7 Å². The maximum absolute atomic E-state index is 6.24. The summed E-state index contributed by atoms with van der Waals surface area (Å²) in [7, 11) is 3.34. The van der Waals surface area contributed by atoms with E-state index >= 15 is 0 Å². The number of benzene rings is 3. The van der Waals surface area contributed by atoms with Crippen LogP contribution in [0.2, 0.25) is 5.02 Å². The Morgan fingerprint density at radius 1 is 0.900 bits per heavy atom. The lowest BCUT2D eigenvalue weighted by Crippen LogP contribution is -2.18. The maximum atomic E-state index is 6.24. The highest BCUT2D eigenvalue weighted by atomic mass is 35.5. The molecule has 0 aromatic heterocycles. The third-order valence-electron chi connectivity index (χ3n) is 5.09. The molecule has 5 heteroatoms. The third-order valence-corrected chi connectivity index (χ3v) is 5.33. The minimum absolute atomic E-state index is 0.0879. The monoisotopic (exact) mass is 418 g/mol. The minimum atomic E-state index is 0.0879. The van der Waals surface area contributed by atoms with E-state index in [0.29, 0.717) is 5.02 Å². The van der Waals surface area contributed by atoms with Crippen LogP contribution < -0.4 is 14.5 Å². The van der Waals surface area contributed by atoms with Gasteiger partial charge in [-0.1, -0.05) is 48.0 Å². The van der Waals surface area contributed by atoms with E-state index < -0.39 is 0 Å². The van der Waals surface area contributed by atoms with Crippen LogP contribution in [0.15, 0.2) is 84.0 Å². The average molecular weight is 419 g/mol. The molecular formula is C25H23ClN2O2. The number of halogens is 1. The Hall–Kier alpha value is -3.24. The lowest BCUT2D eigenvalue weighted by atomic mass is 10.0. The number of anilines is 1. The average Bonchev–Trinajstić information content (AvgIpc) is 3.22. The first-order valence-corrected chi connectivity index (χ1v) is 10.1. The Morgan fingerprint density at radius 2 is 1.57 bits per heavy atom. The molecule has 3 aromatic rings. The van der Waals surface area contributed by atoms with E-state index in [0.717, 1.165) is 34.9 Å². The molecule has 0 radical (unpaired) electrons. The fourth-order valence-electron chi connectivity index (χ4n) is 3.48. The molecule has 1 atom stereocenters. The molecular weight excluding hydrogens is 396 g/mol. The molecule has 152 valence electrons. The first kappa shape index (κ1) is 20.0. The summed E-state index contributed by atoms with van der Waals surface area (Å²) >= 11 is 6.24. The van der Waals surface area contributed by atoms with E-state index in [1.165, 1.54) is 5.56 Å². The summed E-state index contributed by atoms with van der Waals surface area (Å²) in [5.41, 5.74) is 4.25. The minimum Gasteiger partial charge on any atom is -0.497 e. The summed E-state index contributed by atoms with van der Waals surface area (Å²) < 4.78 is 10.5. The van der Waals surface area contributed by atoms with E-state index in [-0.39, 0.29) is 6.04 Å². The van der Waals surface area contributed by atoms with E-state index in [1.54, 1.807) is 14.2 Å². The lowest BCUT2D eigenvalue weighted by Gasteiger charge is -2.24. The molecule has 1 aliphatic heterocycles. The van der Waals surface area contributed by atoms with Gasteiger partial charge in [0, 0.05) is 11.4 Å². The molecule has 0 spiro atoms. The smallest absolute Gasteiger partial charge is 0.118 e. The summed E-state index contributed by atoms with van der Waals surface area (Å²) in [5, 5.41) is 7.63. The van der Waals surface area contributed by atoms with Crippen molar-refractivity contribution in [3.63, 3.8) is 0 Å². The molecule has 0 N–H and O–H groups in total. The molecule has 0 aliphatic carbocycles. The third kappa shape index (κ3) is 4.50. The van der Waals surface area contributed by atoms with Gasteiger partial charge in [-0.3, -0.25) is 5.01 Å². The Bertz CT molecular complexity index is 1060. The van der Waals surface area contributed by atoms with Gasteiger partial charge in [0.15, 0.2) is 0 Å². The number of hydrogen-bond acceptors (Lipinski definition) is 4. The summed E-state index contributed by atoms with van der Waals surface area (Å²) in [6.45, 7) is 0. The number of nitrogens with zero attached hydrogens (tertiary/aromatic N) is 2. The highest BCUT2D eigenvalue weighted by molar-refractivity contribution is 6.30. The van der Waals surface area contributed by atoms with Crippen LogP contribution in [-0.4, -0.2) is 19.9 Å². The number of ether oxygens (including phenoxy) is 2. The second kappa shape index (κ2) is 9.06. The van der Waals surface area contributed by atoms with Crippen molar-refractivity contribution in [3.05, 3.63) is 95.0 Å². The van der Waals surface area contributed by atoms with Crippen molar-refractivity contribution in [2.45, 2.75) is 12.5 Å². The van der Waals surface area contributed by atoms with Crippen LogP contribution in [0.5, 0.6) is 11.5 Å². The fourth-order valence-corrected chi connectivity index (χ4v) is 3.67. The lowest BCUT2D eigenvalue weighted by molar-refractivity contribution is 0.414. The second-order valence-corrected chi connectivity index (χ2v) is 7.45. The molecule has 0 amide bonds. The number of methoxy groups -OCH3 is 2. The van der Waals surface area contributed by atoms with Crippen LogP contribution >= 0.6 is 11.6 Å². The molecule has 30 heavy (non-hydrogen) atoms. The Kier molecular flexibility index (Phi) is 6.05. The summed E-state index contributed by atoms with van der Waals surface area (Å²) in [4.78, 5) is 0. The number of hydrazone groups is 1. The summed E-state index contributed by atoms with van der Waals surface area (Å²) in [6.07, 6.45) is 4.94. The van der Waals surface area contributed by atoms with Crippen molar-refractivity contribution < 1.29 is 9.47 Å². The van der Waals surface area contributed by atoms with Gasteiger partial charge in [0.2, 0.25) is 0 Å². The van der Waals surface area contributed by atoms with Gasteiger partial charge in [-0.2, -0.15) is 5.10 Å². The van der Waals surface area contributed by atoms with Gasteiger partial charge in [0.05, 0.1) is 31.7 Å². The van der Waals surface area contributed by atoms with Crippen molar-refractivity contribution in [2.24, 2.45) is 5.10 Å². The van der Waals surface area contributed by atoms with Gasteiger partial charge < -0.3 is 9.47 Å². The molecule has 0 unspecified atom stereocenters. The van der Waals surface area contributed by atoms with Crippen LogP contribution in [-0.2, 0) is 0 Å². The van der Waals surface area contributed by atoms with Gasteiger partial charge in [-0.15, -0.1) is 0 Å². The van der Waals surface area contributed by atoms with Crippen molar-refractivity contribution >= 4 is 29.1 Å². The molecule has 0 saturated carbocycles. The zero-order valence-electron chi connectivity index (χ0n) is 17.0. The zero-order valence-corrected chi connectivity index (χ0v) is 17.7. The Labute approximate surface area is 182 Å². The van der Waals surface area contributed by atoms with Crippen LogP contribution in [0, 0.1) is 0 Å². The van der Waals surface area contributed by atoms with Crippen LogP contribution in [0.1, 0.15) is 23.6 Å². The van der Waals surface area contributed by atoms with E-state index in [9.17, 15) is 0 Å². The molecule has 0 bridgehead atoms. The Balaban J connectivity index is 1.62. The van der Waals surface area contributed by atoms with Crippen LogP contribution in [0.3, 0.4) is 0 Å². The SMILES string of the molecule is COc1ccc(/C=C/C2=NN(c3cccc(Cl)c3)[C@H](c3ccc(OC)cc3)C2)cc1. The Morgan fingerprint density at radius 3 is 2.20 bits per heavy atom.